The summed E-state index contributed by atoms with van der Waals surface area (Å²) in [5, 5.41) is 3.07. The zero-order valence-corrected chi connectivity index (χ0v) is 11.6. The van der Waals surface area contributed by atoms with Gasteiger partial charge in [-0.25, -0.2) is 0 Å². The van der Waals surface area contributed by atoms with Crippen LogP contribution in [0, 0.1) is 5.92 Å². The molecule has 14 heavy (non-hydrogen) atoms. The monoisotopic (exact) mass is 203 g/mol. The van der Waals surface area contributed by atoms with Gasteiger partial charge in [0.05, 0.1) is 0 Å². The van der Waals surface area contributed by atoms with Crippen LogP contribution >= 0.6 is 0 Å². The van der Waals surface area contributed by atoms with E-state index in [4.69, 9.17) is 0 Å². The van der Waals surface area contributed by atoms with Crippen LogP contribution < -0.4 is 5.32 Å². The summed E-state index contributed by atoms with van der Waals surface area (Å²) in [6, 6.07) is 0. The first kappa shape index (κ1) is 19.5. The first-order valence-corrected chi connectivity index (χ1v) is 6.24. The molecule has 90 valence electrons. The Balaban J connectivity index is -0.000000138. The predicted molar refractivity (Wildman–Crippen MR) is 69.9 cm³/mol. The molecule has 1 heteroatoms. The Labute approximate surface area is 92.7 Å². The van der Waals surface area contributed by atoms with E-state index in [1.807, 2.05) is 7.05 Å². The third-order valence-electron chi connectivity index (χ3n) is 1.60. The number of unbranched alkanes of at least 4 members (excludes halogenated alkanes) is 1. The summed E-state index contributed by atoms with van der Waals surface area (Å²) in [6.45, 7) is 14.2. The minimum Gasteiger partial charge on any atom is -0.320 e. The van der Waals surface area contributed by atoms with Gasteiger partial charge in [-0.3, -0.25) is 0 Å². The second kappa shape index (κ2) is 23.1. The van der Waals surface area contributed by atoms with Gasteiger partial charge in [0.2, 0.25) is 0 Å². The fourth-order valence-electron chi connectivity index (χ4n) is 0.354. The van der Waals surface area contributed by atoms with E-state index < -0.39 is 0 Å². The molecule has 1 N–H and O–H groups in total. The van der Waals surface area contributed by atoms with Gasteiger partial charge in [-0.05, 0) is 25.9 Å². The van der Waals surface area contributed by atoms with Gasteiger partial charge in [0, 0.05) is 0 Å². The number of hydrogen-bond donors (Lipinski definition) is 1. The summed E-state index contributed by atoms with van der Waals surface area (Å²) in [4.78, 5) is 0. The third-order valence-corrected chi connectivity index (χ3v) is 1.60. The van der Waals surface area contributed by atoms with Crippen LogP contribution in [0.15, 0.2) is 0 Å². The van der Waals surface area contributed by atoms with Crippen molar-refractivity contribution in [3.05, 3.63) is 0 Å². The summed E-state index contributed by atoms with van der Waals surface area (Å²) in [5.74, 6) is 0.884. The molecule has 0 heterocycles. The average Bonchev–Trinajstić information content (AvgIpc) is 2.17. The molecule has 0 bridgehead atoms. The molecule has 1 nitrogen and oxygen atoms in total. The van der Waals surface area contributed by atoms with E-state index in [9.17, 15) is 0 Å². The lowest BCUT2D eigenvalue weighted by atomic mass is 10.2. The number of nitrogens with one attached hydrogen (secondary N) is 1. The molecule has 0 radical (unpaired) electrons. The fraction of sp³-hybridized carbons (Fsp3) is 1.00. The highest BCUT2D eigenvalue weighted by molar-refractivity contribution is 4.35. The minimum absolute atomic E-state index is 0.884. The van der Waals surface area contributed by atoms with Crippen molar-refractivity contribution in [1.82, 2.24) is 5.32 Å². The molecule has 0 atom stereocenters. The largest absolute Gasteiger partial charge is 0.320 e. The van der Waals surface area contributed by atoms with Crippen LogP contribution in [0.4, 0.5) is 0 Å². The first-order chi connectivity index (χ1) is 6.60. The zero-order valence-electron chi connectivity index (χ0n) is 11.6. The van der Waals surface area contributed by atoms with Crippen LogP contribution in [0.25, 0.3) is 0 Å². The van der Waals surface area contributed by atoms with Crippen molar-refractivity contribution in [3.63, 3.8) is 0 Å². The predicted octanol–water partition coefficient (Wildman–Crippen LogP) is 4.47. The fourth-order valence-corrected chi connectivity index (χ4v) is 0.354. The van der Waals surface area contributed by atoms with E-state index in [-0.39, 0.29) is 0 Å². The van der Waals surface area contributed by atoms with Crippen molar-refractivity contribution in [2.45, 2.75) is 67.2 Å². The van der Waals surface area contributed by atoms with Crippen LogP contribution in [0.3, 0.4) is 0 Å². The Bertz CT molecular complexity index is 56.3. The average molecular weight is 203 g/mol. The van der Waals surface area contributed by atoms with Crippen molar-refractivity contribution in [2.75, 3.05) is 13.6 Å². The molecular formula is C13H33N. The normalized spacial score (nSPS) is 8.57. The van der Waals surface area contributed by atoms with Crippen molar-refractivity contribution in [2.24, 2.45) is 5.92 Å². The molecule has 0 saturated carbocycles. The summed E-state index contributed by atoms with van der Waals surface area (Å²) in [6.07, 6.45) is 5.15. The molecule has 0 aliphatic rings. The lowest BCUT2D eigenvalue weighted by molar-refractivity contribution is 0.626. The van der Waals surface area contributed by atoms with Crippen LogP contribution in [0.1, 0.15) is 67.2 Å². The van der Waals surface area contributed by atoms with Gasteiger partial charge in [0.15, 0.2) is 0 Å². The van der Waals surface area contributed by atoms with E-state index in [1.54, 1.807) is 0 Å². The van der Waals surface area contributed by atoms with Crippen LogP contribution in [0.5, 0.6) is 0 Å². The maximum Gasteiger partial charge on any atom is -0.00520 e. The molecular weight excluding hydrogens is 170 g/mol. The van der Waals surface area contributed by atoms with E-state index in [0.717, 1.165) is 12.5 Å². The maximum absolute atomic E-state index is 3.07. The summed E-state index contributed by atoms with van der Waals surface area (Å²) in [7, 11) is 1.98. The highest BCUT2D eigenvalue weighted by Gasteiger charge is 1.80. The van der Waals surface area contributed by atoms with Crippen LogP contribution in [0.2, 0.25) is 0 Å². The third kappa shape index (κ3) is 58.4. The highest BCUT2D eigenvalue weighted by atomic mass is 14.8. The van der Waals surface area contributed by atoms with Gasteiger partial charge in [0.25, 0.3) is 0 Å². The Morgan fingerprint density at radius 3 is 1.43 bits per heavy atom. The lowest BCUT2D eigenvalue weighted by Crippen LogP contribution is -2.06. The van der Waals surface area contributed by atoms with E-state index >= 15 is 0 Å². The van der Waals surface area contributed by atoms with Gasteiger partial charge in [0.1, 0.15) is 0 Å². The standard InChI is InChI=1S/C5H13N.C5H12.C3H8/c1-3-4-5-6-2;1-4-5(2)3;1-3-2/h6H,3-5H2,1-2H3;5H,4H2,1-3H3;3H2,1-2H3. The van der Waals surface area contributed by atoms with Crippen molar-refractivity contribution < 1.29 is 0 Å². The Hall–Kier alpha value is -0.0400. The zero-order chi connectivity index (χ0) is 11.8. The SMILES string of the molecule is CCC.CCC(C)C.CCCCNC. The molecule has 0 fully saturated rings. The first-order valence-electron chi connectivity index (χ1n) is 6.24. The molecule has 0 saturated heterocycles. The molecule has 0 aliphatic carbocycles. The molecule has 0 amide bonds. The highest BCUT2D eigenvalue weighted by Crippen LogP contribution is 1.93. The molecule has 0 aliphatic heterocycles. The smallest absolute Gasteiger partial charge is 0.00520 e. The topological polar surface area (TPSA) is 12.0 Å². The Kier molecular flexibility index (Phi) is 32.2. The van der Waals surface area contributed by atoms with Gasteiger partial charge in [-0.2, -0.15) is 0 Å². The second-order valence-electron chi connectivity index (χ2n) is 3.97. The molecule has 0 aromatic rings. The minimum atomic E-state index is 0.884. The summed E-state index contributed by atoms with van der Waals surface area (Å²) < 4.78 is 0. The van der Waals surface area contributed by atoms with Crippen LogP contribution in [-0.4, -0.2) is 13.6 Å². The van der Waals surface area contributed by atoms with Gasteiger partial charge < -0.3 is 5.32 Å². The maximum atomic E-state index is 3.07. The van der Waals surface area contributed by atoms with E-state index in [2.05, 4.69) is 46.9 Å². The van der Waals surface area contributed by atoms with Gasteiger partial charge in [-0.1, -0.05) is 60.8 Å². The quantitative estimate of drug-likeness (QED) is 0.665. The number of rotatable bonds is 4. The lowest BCUT2D eigenvalue weighted by Gasteiger charge is -1.90. The van der Waals surface area contributed by atoms with Gasteiger partial charge >= 0.3 is 0 Å². The Morgan fingerprint density at radius 1 is 1.00 bits per heavy atom. The van der Waals surface area contributed by atoms with E-state index in [0.29, 0.717) is 0 Å². The molecule has 0 unspecified atom stereocenters. The van der Waals surface area contributed by atoms with Crippen molar-refractivity contribution >= 4 is 0 Å². The van der Waals surface area contributed by atoms with Crippen molar-refractivity contribution in [3.8, 4) is 0 Å². The molecule has 0 aromatic carbocycles. The summed E-state index contributed by atoms with van der Waals surface area (Å²) in [5.41, 5.74) is 0. The van der Waals surface area contributed by atoms with Gasteiger partial charge in [-0.15, -0.1) is 0 Å². The molecule has 0 spiro atoms. The van der Waals surface area contributed by atoms with Crippen LogP contribution in [-0.2, 0) is 0 Å². The summed E-state index contributed by atoms with van der Waals surface area (Å²) >= 11 is 0. The Morgan fingerprint density at radius 2 is 1.36 bits per heavy atom. The second-order valence-corrected chi connectivity index (χ2v) is 3.97. The molecule has 0 aromatic heterocycles. The number of hydrogen-bond acceptors (Lipinski definition) is 1. The molecule has 0 rings (SSSR count). The van der Waals surface area contributed by atoms with Crippen molar-refractivity contribution in [1.29, 1.82) is 0 Å². The van der Waals surface area contributed by atoms with E-state index in [1.165, 1.54) is 25.7 Å².